The fraction of sp³-hybridized carbons (Fsp3) is 0.381. The number of hydrogen-bond donors (Lipinski definition) is 1. The lowest BCUT2D eigenvalue weighted by molar-refractivity contribution is -0.384. The monoisotopic (exact) mass is 479 g/mol. The van der Waals surface area contributed by atoms with E-state index in [-0.39, 0.29) is 40.8 Å². The molecule has 0 aromatic heterocycles. The maximum absolute atomic E-state index is 12.3. The number of carbonyl (C=O) groups excluding carboxylic acids is 2. The number of halogens is 1. The van der Waals surface area contributed by atoms with Gasteiger partial charge in [-0.25, -0.2) is 9.59 Å². The minimum Gasteiger partial charge on any atom is -0.433 e. The van der Waals surface area contributed by atoms with Crippen LogP contribution in [-0.4, -0.2) is 29.9 Å². The fourth-order valence-electron chi connectivity index (χ4n) is 3.02. The van der Waals surface area contributed by atoms with Crippen LogP contribution in [0.4, 0.5) is 15.3 Å². The van der Waals surface area contributed by atoms with Gasteiger partial charge in [-0.15, -0.1) is 0 Å². The van der Waals surface area contributed by atoms with Crippen molar-refractivity contribution >= 4 is 29.6 Å². The van der Waals surface area contributed by atoms with E-state index in [1.54, 1.807) is 27.7 Å². The molecule has 0 saturated heterocycles. The Morgan fingerprint density at radius 2 is 1.82 bits per heavy atom. The van der Waals surface area contributed by atoms with E-state index < -0.39 is 29.3 Å². The second-order valence-corrected chi connectivity index (χ2v) is 7.48. The minimum atomic E-state index is -1.12. The molecule has 0 saturated carbocycles. The van der Waals surface area contributed by atoms with Gasteiger partial charge >= 0.3 is 12.3 Å². The zero-order valence-corrected chi connectivity index (χ0v) is 19.1. The van der Waals surface area contributed by atoms with E-state index in [9.17, 15) is 19.7 Å². The van der Waals surface area contributed by atoms with Crippen molar-refractivity contribution in [1.82, 2.24) is 5.32 Å². The predicted molar refractivity (Wildman–Crippen MR) is 115 cm³/mol. The van der Waals surface area contributed by atoms with Crippen LogP contribution in [0.25, 0.3) is 0 Å². The summed E-state index contributed by atoms with van der Waals surface area (Å²) in [5, 5.41) is 22.7. The van der Waals surface area contributed by atoms with E-state index in [1.807, 2.05) is 6.07 Å². The summed E-state index contributed by atoms with van der Waals surface area (Å²) >= 11 is 6.34. The van der Waals surface area contributed by atoms with Crippen LogP contribution in [0.5, 0.6) is 0 Å². The van der Waals surface area contributed by atoms with E-state index >= 15 is 0 Å². The Balaban J connectivity index is 2.56. The number of allylic oxidation sites excluding steroid dienone is 2. The highest BCUT2D eigenvalue weighted by Gasteiger charge is 2.38. The molecule has 1 unspecified atom stereocenters. The summed E-state index contributed by atoms with van der Waals surface area (Å²) in [6.07, 6.45) is -2.65. The van der Waals surface area contributed by atoms with Crippen LogP contribution in [-0.2, 0) is 18.9 Å². The predicted octanol–water partition coefficient (Wildman–Crippen LogP) is 5.03. The van der Waals surface area contributed by atoms with Gasteiger partial charge in [0.1, 0.15) is 29.1 Å². The molecule has 0 amide bonds. The Kier molecular flexibility index (Phi) is 8.64. The van der Waals surface area contributed by atoms with Gasteiger partial charge in [0.05, 0.1) is 34.9 Å². The molecule has 1 aromatic carbocycles. The quantitative estimate of drug-likeness (QED) is 0.244. The molecule has 33 heavy (non-hydrogen) atoms. The first-order valence-corrected chi connectivity index (χ1v) is 10.2. The summed E-state index contributed by atoms with van der Waals surface area (Å²) in [7, 11) is 0. The van der Waals surface area contributed by atoms with Gasteiger partial charge in [-0.3, -0.25) is 10.1 Å². The number of hydrogen-bond acceptors (Lipinski definition) is 10. The second kappa shape index (κ2) is 11.2. The molecule has 1 aromatic rings. The van der Waals surface area contributed by atoms with Gasteiger partial charge in [-0.05, 0) is 33.3 Å². The minimum absolute atomic E-state index is 0.0338. The summed E-state index contributed by atoms with van der Waals surface area (Å²) in [5.41, 5.74) is 0.481. The molecule has 12 heteroatoms. The SMILES string of the molecule is CC1=C(OC(=O)OCCC#N)C(c2cccc([N+](=O)[O-])c2Cl)C(OC(=O)OC(C)C)=C(C)N1. The number of nitro benzene ring substituents is 1. The highest BCUT2D eigenvalue weighted by molar-refractivity contribution is 6.33. The van der Waals surface area contributed by atoms with E-state index in [1.165, 1.54) is 18.2 Å². The molecule has 0 bridgehead atoms. The molecule has 1 aliphatic rings. The fourth-order valence-corrected chi connectivity index (χ4v) is 3.32. The Labute approximate surface area is 194 Å². The van der Waals surface area contributed by atoms with Crippen molar-refractivity contribution in [1.29, 1.82) is 5.26 Å². The van der Waals surface area contributed by atoms with Crippen LogP contribution in [0.3, 0.4) is 0 Å². The lowest BCUT2D eigenvalue weighted by Gasteiger charge is -2.30. The van der Waals surface area contributed by atoms with Crippen molar-refractivity contribution < 1.29 is 33.5 Å². The van der Waals surface area contributed by atoms with E-state index in [4.69, 9.17) is 35.8 Å². The average Bonchev–Trinajstić information content (AvgIpc) is 2.71. The van der Waals surface area contributed by atoms with Crippen LogP contribution in [0.1, 0.15) is 45.6 Å². The zero-order valence-electron chi connectivity index (χ0n) is 18.3. The molecule has 1 aliphatic heterocycles. The summed E-state index contributed by atoms with van der Waals surface area (Å²) < 4.78 is 20.7. The molecule has 1 heterocycles. The summed E-state index contributed by atoms with van der Waals surface area (Å²) in [4.78, 5) is 35.2. The van der Waals surface area contributed by atoms with E-state index in [0.29, 0.717) is 11.4 Å². The van der Waals surface area contributed by atoms with Crippen LogP contribution >= 0.6 is 11.6 Å². The smallest absolute Gasteiger partial charge is 0.433 e. The van der Waals surface area contributed by atoms with Crippen molar-refractivity contribution in [3.8, 4) is 6.07 Å². The van der Waals surface area contributed by atoms with Crippen LogP contribution in [0, 0.1) is 21.4 Å². The number of nitrogens with zero attached hydrogens (tertiary/aromatic N) is 2. The molecule has 0 aliphatic carbocycles. The molecule has 1 atom stereocenters. The van der Waals surface area contributed by atoms with Gasteiger partial charge in [0.25, 0.3) is 5.69 Å². The Morgan fingerprint density at radius 1 is 1.21 bits per heavy atom. The van der Waals surface area contributed by atoms with Crippen LogP contribution < -0.4 is 5.32 Å². The first-order chi connectivity index (χ1) is 15.6. The molecule has 2 rings (SSSR count). The van der Waals surface area contributed by atoms with Gasteiger partial charge in [-0.1, -0.05) is 23.7 Å². The molecular weight excluding hydrogens is 458 g/mol. The number of ether oxygens (including phenoxy) is 4. The van der Waals surface area contributed by atoms with Crippen molar-refractivity contribution in [2.24, 2.45) is 0 Å². The van der Waals surface area contributed by atoms with Gasteiger partial charge < -0.3 is 24.3 Å². The molecule has 0 fully saturated rings. The molecule has 0 radical (unpaired) electrons. The largest absolute Gasteiger partial charge is 0.513 e. The first-order valence-electron chi connectivity index (χ1n) is 9.78. The third-order valence-corrected chi connectivity index (χ3v) is 4.72. The number of nitriles is 1. The van der Waals surface area contributed by atoms with Crippen molar-refractivity contribution in [2.75, 3.05) is 6.61 Å². The van der Waals surface area contributed by atoms with Gasteiger partial charge in [0.15, 0.2) is 0 Å². The van der Waals surface area contributed by atoms with Gasteiger partial charge in [0, 0.05) is 6.07 Å². The Bertz CT molecular complexity index is 1060. The molecular formula is C21H22ClN3O8. The highest BCUT2D eigenvalue weighted by Crippen LogP contribution is 2.44. The average molecular weight is 480 g/mol. The van der Waals surface area contributed by atoms with Crippen molar-refractivity contribution in [3.63, 3.8) is 0 Å². The molecule has 11 nitrogen and oxygen atoms in total. The number of benzene rings is 1. The third kappa shape index (κ3) is 6.36. The topological polar surface area (TPSA) is 150 Å². The van der Waals surface area contributed by atoms with Crippen LogP contribution in [0.2, 0.25) is 5.02 Å². The highest BCUT2D eigenvalue weighted by atomic mass is 35.5. The van der Waals surface area contributed by atoms with Gasteiger partial charge in [0.2, 0.25) is 0 Å². The second-order valence-electron chi connectivity index (χ2n) is 7.10. The summed E-state index contributed by atoms with van der Waals surface area (Å²) in [5.74, 6) is -1.22. The maximum Gasteiger partial charge on any atom is 0.513 e. The summed E-state index contributed by atoms with van der Waals surface area (Å²) in [6, 6.07) is 5.92. The normalized spacial score (nSPS) is 15.5. The van der Waals surface area contributed by atoms with Crippen LogP contribution in [0.15, 0.2) is 41.1 Å². The van der Waals surface area contributed by atoms with E-state index in [0.717, 1.165) is 0 Å². The number of nitro groups is 1. The lowest BCUT2D eigenvalue weighted by atomic mass is 9.90. The Morgan fingerprint density at radius 3 is 2.36 bits per heavy atom. The Hall–Kier alpha value is -3.78. The molecule has 176 valence electrons. The van der Waals surface area contributed by atoms with E-state index in [2.05, 4.69) is 5.32 Å². The van der Waals surface area contributed by atoms with Crippen molar-refractivity contribution in [2.45, 2.75) is 46.1 Å². The molecule has 0 spiro atoms. The first kappa shape index (κ1) is 25.5. The number of nitrogens with one attached hydrogen (secondary N) is 1. The molecule has 1 N–H and O–H groups in total. The number of carbonyl (C=O) groups is 2. The zero-order chi connectivity index (χ0) is 24.7. The standard InChI is InChI=1S/C21H22ClN3O8/c1-11(2)31-21(27)33-19-13(4)24-12(3)18(32-20(26)30-10-6-9-23)16(19)14-7-5-8-15(17(14)22)25(28)29/h5,7-8,11,16,24H,6,10H2,1-4H3. The van der Waals surface area contributed by atoms with Gasteiger partial charge in [-0.2, -0.15) is 5.26 Å². The van der Waals surface area contributed by atoms with Crippen molar-refractivity contribution in [3.05, 3.63) is 61.8 Å². The number of dihydropyridines is 1. The summed E-state index contributed by atoms with van der Waals surface area (Å²) in [6.45, 7) is 6.25. The number of rotatable bonds is 7. The lowest BCUT2D eigenvalue weighted by Crippen LogP contribution is -2.30. The third-order valence-electron chi connectivity index (χ3n) is 4.31. The maximum atomic E-state index is 12.3.